The predicted octanol–water partition coefficient (Wildman–Crippen LogP) is 3.37. The second kappa shape index (κ2) is 5.45. The van der Waals surface area contributed by atoms with Crippen LogP contribution in [0.2, 0.25) is 4.34 Å². The second-order valence-corrected chi connectivity index (χ2v) is 7.81. The van der Waals surface area contributed by atoms with Gasteiger partial charge >= 0.3 is 0 Å². The Balaban J connectivity index is 2.25. The first kappa shape index (κ1) is 14.2. The van der Waals surface area contributed by atoms with Crippen LogP contribution in [0.1, 0.15) is 15.2 Å². The number of benzene rings is 1. The summed E-state index contributed by atoms with van der Waals surface area (Å²) in [4.78, 5) is 12.4. The molecule has 1 heterocycles. The molecule has 0 saturated carbocycles. The van der Waals surface area contributed by atoms with Crippen molar-refractivity contribution in [3.8, 4) is 0 Å². The van der Waals surface area contributed by atoms with Crippen LogP contribution in [0.15, 0.2) is 41.3 Å². The molecule has 0 radical (unpaired) electrons. The molecule has 2 aromatic rings. The monoisotopic (exact) mass is 314 g/mol. The van der Waals surface area contributed by atoms with Crippen molar-refractivity contribution in [2.24, 2.45) is 0 Å². The molecule has 0 aliphatic heterocycles. The zero-order chi connectivity index (χ0) is 14.0. The summed E-state index contributed by atoms with van der Waals surface area (Å²) in [5.74, 6) is -0.966. The number of carbonyl (C=O) groups is 1. The van der Waals surface area contributed by atoms with Crippen LogP contribution in [-0.4, -0.2) is 20.0 Å². The Morgan fingerprint density at radius 3 is 2.58 bits per heavy atom. The third-order valence-corrected chi connectivity index (χ3v) is 5.40. The third kappa shape index (κ3) is 3.43. The highest BCUT2D eigenvalue weighted by atomic mass is 35.5. The number of halogens is 1. The van der Waals surface area contributed by atoms with Gasteiger partial charge in [0, 0.05) is 0 Å². The quantitative estimate of drug-likeness (QED) is 0.813. The Kier molecular flexibility index (Phi) is 4.08. The van der Waals surface area contributed by atoms with Gasteiger partial charge < -0.3 is 0 Å². The maximum atomic E-state index is 12.1. The lowest BCUT2D eigenvalue weighted by molar-refractivity contribution is 0.102. The lowest BCUT2D eigenvalue weighted by Gasteiger charge is -2.03. The summed E-state index contributed by atoms with van der Waals surface area (Å²) in [6, 6.07) is 9.65. The van der Waals surface area contributed by atoms with Crippen LogP contribution in [-0.2, 0) is 9.84 Å². The van der Waals surface area contributed by atoms with E-state index in [1.54, 1.807) is 37.3 Å². The first-order valence-electron chi connectivity index (χ1n) is 5.46. The van der Waals surface area contributed by atoms with Gasteiger partial charge in [0.05, 0.1) is 14.1 Å². The van der Waals surface area contributed by atoms with Gasteiger partial charge in [-0.15, -0.1) is 11.3 Å². The fraction of sp³-hybridized carbons (Fsp3) is 0.154. The predicted molar refractivity (Wildman–Crippen MR) is 76.9 cm³/mol. The van der Waals surface area contributed by atoms with Crippen molar-refractivity contribution in [2.45, 2.75) is 11.8 Å². The Labute approximate surface area is 120 Å². The third-order valence-electron chi connectivity index (χ3n) is 2.52. The Hall–Kier alpha value is -1.17. The molecular formula is C13H11ClO3S2. The average molecular weight is 315 g/mol. The maximum absolute atomic E-state index is 12.1. The number of hydrogen-bond donors (Lipinski definition) is 0. The highest BCUT2D eigenvalue weighted by Crippen LogP contribution is 2.23. The van der Waals surface area contributed by atoms with Gasteiger partial charge in [0.25, 0.3) is 0 Å². The summed E-state index contributed by atoms with van der Waals surface area (Å²) in [5.41, 5.74) is 0.840. The Bertz CT molecular complexity index is 717. The smallest absolute Gasteiger partial charge is 0.188 e. The van der Waals surface area contributed by atoms with Gasteiger partial charge in [0.15, 0.2) is 15.6 Å². The zero-order valence-corrected chi connectivity index (χ0v) is 12.5. The topological polar surface area (TPSA) is 51.2 Å². The van der Waals surface area contributed by atoms with Crippen LogP contribution in [0, 0.1) is 6.92 Å². The maximum Gasteiger partial charge on any atom is 0.188 e. The fourth-order valence-corrected chi connectivity index (χ4v) is 3.99. The van der Waals surface area contributed by atoms with Gasteiger partial charge in [-0.2, -0.15) is 0 Å². The van der Waals surface area contributed by atoms with Crippen LogP contribution in [0.25, 0.3) is 0 Å². The van der Waals surface area contributed by atoms with E-state index in [0.29, 0.717) is 9.21 Å². The Morgan fingerprint density at radius 1 is 1.26 bits per heavy atom. The number of hydrogen-bond acceptors (Lipinski definition) is 4. The summed E-state index contributed by atoms with van der Waals surface area (Å²) < 4.78 is 24.7. The van der Waals surface area contributed by atoms with Crippen molar-refractivity contribution in [2.75, 3.05) is 5.75 Å². The first-order valence-corrected chi connectivity index (χ1v) is 8.31. The highest BCUT2D eigenvalue weighted by Gasteiger charge is 2.21. The number of sulfone groups is 1. The van der Waals surface area contributed by atoms with Gasteiger partial charge in [-0.05, 0) is 36.8 Å². The number of carbonyl (C=O) groups excluding carboxylic acids is 1. The molecule has 3 nitrogen and oxygen atoms in total. The van der Waals surface area contributed by atoms with E-state index in [1.807, 2.05) is 0 Å². The molecule has 0 spiro atoms. The largest absolute Gasteiger partial charge is 0.292 e. The van der Waals surface area contributed by atoms with Gasteiger partial charge in [0.1, 0.15) is 5.75 Å². The van der Waals surface area contributed by atoms with E-state index in [0.717, 1.165) is 16.9 Å². The molecule has 2 rings (SSSR count). The van der Waals surface area contributed by atoms with Crippen molar-refractivity contribution in [1.29, 1.82) is 0 Å². The lowest BCUT2D eigenvalue weighted by atomic mass is 10.2. The highest BCUT2D eigenvalue weighted by molar-refractivity contribution is 7.92. The van der Waals surface area contributed by atoms with Gasteiger partial charge in [-0.25, -0.2) is 8.42 Å². The van der Waals surface area contributed by atoms with Crippen molar-refractivity contribution >= 4 is 38.6 Å². The van der Waals surface area contributed by atoms with Crippen molar-refractivity contribution in [1.82, 2.24) is 0 Å². The molecule has 1 aromatic heterocycles. The average Bonchev–Trinajstić information content (AvgIpc) is 2.75. The molecule has 6 heteroatoms. The molecule has 100 valence electrons. The molecule has 0 aliphatic rings. The van der Waals surface area contributed by atoms with E-state index < -0.39 is 21.4 Å². The van der Waals surface area contributed by atoms with E-state index in [2.05, 4.69) is 0 Å². The van der Waals surface area contributed by atoms with Crippen molar-refractivity contribution in [3.05, 3.63) is 51.2 Å². The lowest BCUT2D eigenvalue weighted by Crippen LogP contribution is -2.15. The van der Waals surface area contributed by atoms with Crippen LogP contribution >= 0.6 is 22.9 Å². The molecular weight excluding hydrogens is 304 g/mol. The Morgan fingerprint density at radius 2 is 2.00 bits per heavy atom. The molecule has 1 aromatic carbocycles. The molecule has 0 aliphatic carbocycles. The van der Waals surface area contributed by atoms with Gasteiger partial charge in [-0.3, -0.25) is 4.79 Å². The molecule has 0 saturated heterocycles. The van der Waals surface area contributed by atoms with Crippen LogP contribution in [0.4, 0.5) is 0 Å². The summed E-state index contributed by atoms with van der Waals surface area (Å²) in [6.07, 6.45) is 0. The molecule has 0 unspecified atom stereocenters. The molecule has 0 amide bonds. The summed E-state index contributed by atoms with van der Waals surface area (Å²) in [6.45, 7) is 1.81. The number of thiophene rings is 1. The van der Waals surface area contributed by atoms with Crippen molar-refractivity contribution in [3.63, 3.8) is 0 Å². The van der Waals surface area contributed by atoms with Crippen LogP contribution < -0.4 is 0 Å². The van der Waals surface area contributed by atoms with Crippen LogP contribution in [0.3, 0.4) is 0 Å². The van der Waals surface area contributed by atoms with E-state index in [-0.39, 0.29) is 4.90 Å². The van der Waals surface area contributed by atoms with Gasteiger partial charge in [0.2, 0.25) is 0 Å². The summed E-state index contributed by atoms with van der Waals surface area (Å²) >= 11 is 6.82. The standard InChI is InChI=1S/C13H11ClO3S2/c1-9-3-2-4-10(7-9)19(16,17)8-11(15)12-5-6-13(14)18-12/h2-7H,8H2,1H3. The SMILES string of the molecule is Cc1cccc(S(=O)(=O)CC(=O)c2ccc(Cl)s2)c1. The minimum absolute atomic E-state index is 0.170. The number of rotatable bonds is 4. The number of ketones is 1. The van der Waals surface area contributed by atoms with Gasteiger partial charge in [-0.1, -0.05) is 23.7 Å². The van der Waals surface area contributed by atoms with E-state index in [9.17, 15) is 13.2 Å². The molecule has 0 atom stereocenters. The molecule has 0 N–H and O–H groups in total. The minimum atomic E-state index is -3.61. The van der Waals surface area contributed by atoms with Crippen LogP contribution in [0.5, 0.6) is 0 Å². The first-order chi connectivity index (χ1) is 8.88. The minimum Gasteiger partial charge on any atom is -0.292 e. The van der Waals surface area contributed by atoms with E-state index >= 15 is 0 Å². The molecule has 0 fully saturated rings. The van der Waals surface area contributed by atoms with E-state index in [1.165, 1.54) is 6.07 Å². The normalized spacial score (nSPS) is 11.5. The molecule has 19 heavy (non-hydrogen) atoms. The second-order valence-electron chi connectivity index (χ2n) is 4.10. The summed E-state index contributed by atoms with van der Waals surface area (Å²) in [5, 5.41) is 0. The zero-order valence-electron chi connectivity index (χ0n) is 10.1. The fourth-order valence-electron chi connectivity index (χ4n) is 1.60. The van der Waals surface area contributed by atoms with E-state index in [4.69, 9.17) is 11.6 Å². The number of Topliss-reactive ketones (excluding diaryl/α,β-unsaturated/α-hetero) is 1. The summed E-state index contributed by atoms with van der Waals surface area (Å²) in [7, 11) is -3.61. The molecule has 0 bridgehead atoms. The number of aryl methyl sites for hydroxylation is 1. The van der Waals surface area contributed by atoms with Crippen molar-refractivity contribution < 1.29 is 13.2 Å².